The number of fused-ring (bicyclic) bond motifs is 1. The highest BCUT2D eigenvalue weighted by Gasteiger charge is 2.25. The predicted molar refractivity (Wildman–Crippen MR) is 66.8 cm³/mol. The molecule has 0 bridgehead atoms. The SMILES string of the molecule is OCC1CCC(c2ncc3c(Cl)nccn23)CO1. The molecule has 1 saturated heterocycles. The van der Waals surface area contributed by atoms with Gasteiger partial charge in [-0.05, 0) is 12.8 Å². The Morgan fingerprint density at radius 2 is 2.33 bits per heavy atom. The van der Waals surface area contributed by atoms with Crippen LogP contribution in [-0.2, 0) is 4.74 Å². The van der Waals surface area contributed by atoms with Crippen LogP contribution >= 0.6 is 11.6 Å². The molecule has 2 aromatic rings. The van der Waals surface area contributed by atoms with E-state index in [1.54, 1.807) is 12.4 Å². The number of ether oxygens (including phenoxy) is 1. The summed E-state index contributed by atoms with van der Waals surface area (Å²) >= 11 is 6.02. The van der Waals surface area contributed by atoms with E-state index < -0.39 is 0 Å². The van der Waals surface area contributed by atoms with E-state index in [1.165, 1.54) is 0 Å². The Labute approximate surface area is 109 Å². The highest BCUT2D eigenvalue weighted by atomic mass is 35.5. The molecule has 3 rings (SSSR count). The minimum Gasteiger partial charge on any atom is -0.394 e. The van der Waals surface area contributed by atoms with Gasteiger partial charge in [0.15, 0.2) is 5.15 Å². The largest absolute Gasteiger partial charge is 0.394 e. The van der Waals surface area contributed by atoms with Crippen LogP contribution in [0.2, 0.25) is 5.15 Å². The maximum Gasteiger partial charge on any atom is 0.154 e. The third kappa shape index (κ3) is 1.98. The van der Waals surface area contributed by atoms with Crippen molar-refractivity contribution in [2.24, 2.45) is 0 Å². The van der Waals surface area contributed by atoms with Crippen molar-refractivity contribution in [3.8, 4) is 0 Å². The van der Waals surface area contributed by atoms with Gasteiger partial charge in [0.05, 0.1) is 25.5 Å². The second-order valence-electron chi connectivity index (χ2n) is 4.50. The molecule has 96 valence electrons. The summed E-state index contributed by atoms with van der Waals surface area (Å²) in [5, 5.41) is 9.50. The first kappa shape index (κ1) is 11.9. The van der Waals surface area contributed by atoms with E-state index >= 15 is 0 Å². The molecule has 0 spiro atoms. The van der Waals surface area contributed by atoms with Crippen molar-refractivity contribution >= 4 is 17.1 Å². The number of nitrogens with zero attached hydrogens (tertiary/aromatic N) is 3. The number of aromatic nitrogens is 3. The summed E-state index contributed by atoms with van der Waals surface area (Å²) in [6.07, 6.45) is 7.06. The van der Waals surface area contributed by atoms with Crippen LogP contribution < -0.4 is 0 Å². The molecular formula is C12H14ClN3O2. The molecule has 6 heteroatoms. The topological polar surface area (TPSA) is 59.7 Å². The van der Waals surface area contributed by atoms with E-state index in [4.69, 9.17) is 21.4 Å². The molecule has 2 unspecified atom stereocenters. The normalized spacial score (nSPS) is 24.6. The molecule has 0 amide bonds. The van der Waals surface area contributed by atoms with Crippen LogP contribution in [0.5, 0.6) is 0 Å². The maximum absolute atomic E-state index is 9.04. The Kier molecular flexibility index (Phi) is 3.20. The fraction of sp³-hybridized carbons (Fsp3) is 0.500. The molecule has 5 nitrogen and oxygen atoms in total. The highest BCUT2D eigenvalue weighted by molar-refractivity contribution is 6.32. The molecule has 3 heterocycles. The number of hydrogen-bond acceptors (Lipinski definition) is 4. The second-order valence-corrected chi connectivity index (χ2v) is 4.86. The van der Waals surface area contributed by atoms with E-state index in [2.05, 4.69) is 9.97 Å². The van der Waals surface area contributed by atoms with Gasteiger partial charge in [-0.2, -0.15) is 0 Å². The molecule has 0 radical (unpaired) electrons. The summed E-state index contributed by atoms with van der Waals surface area (Å²) in [5.41, 5.74) is 0.818. The zero-order chi connectivity index (χ0) is 12.5. The Balaban J connectivity index is 1.89. The van der Waals surface area contributed by atoms with Gasteiger partial charge in [-0.25, -0.2) is 9.97 Å². The molecule has 0 saturated carbocycles. The molecule has 1 fully saturated rings. The second kappa shape index (κ2) is 4.84. The van der Waals surface area contributed by atoms with Crippen LogP contribution in [0.3, 0.4) is 0 Å². The Bertz CT molecular complexity index is 549. The number of imidazole rings is 1. The Hall–Kier alpha value is -1.17. The minimum atomic E-state index is -0.0299. The average Bonchev–Trinajstić information content (AvgIpc) is 2.84. The molecule has 1 N–H and O–H groups in total. The standard InChI is InChI=1S/C12H14ClN3O2/c13-11-10-5-15-12(16(10)4-3-14-11)8-1-2-9(6-17)18-7-8/h3-5,8-9,17H,1-2,6-7H2. The van der Waals surface area contributed by atoms with Gasteiger partial charge >= 0.3 is 0 Å². The summed E-state index contributed by atoms with van der Waals surface area (Å²) in [5.74, 6) is 1.19. The third-order valence-corrected chi connectivity index (χ3v) is 3.67. The lowest BCUT2D eigenvalue weighted by molar-refractivity contribution is -0.0282. The lowest BCUT2D eigenvalue weighted by Gasteiger charge is -2.27. The van der Waals surface area contributed by atoms with Gasteiger partial charge < -0.3 is 9.84 Å². The van der Waals surface area contributed by atoms with Gasteiger partial charge in [-0.15, -0.1) is 0 Å². The summed E-state index contributed by atoms with van der Waals surface area (Å²) in [6.45, 7) is 0.676. The first-order valence-corrected chi connectivity index (χ1v) is 6.37. The zero-order valence-corrected chi connectivity index (χ0v) is 10.5. The van der Waals surface area contributed by atoms with Crippen LogP contribution in [0.25, 0.3) is 5.52 Å². The Morgan fingerprint density at radius 1 is 1.44 bits per heavy atom. The molecular weight excluding hydrogens is 254 g/mol. The van der Waals surface area contributed by atoms with Crippen molar-refractivity contribution in [3.05, 3.63) is 29.6 Å². The lowest BCUT2D eigenvalue weighted by atomic mass is 9.98. The van der Waals surface area contributed by atoms with Crippen molar-refractivity contribution in [1.82, 2.24) is 14.4 Å². The fourth-order valence-electron chi connectivity index (χ4n) is 2.37. The van der Waals surface area contributed by atoms with Crippen molar-refractivity contribution < 1.29 is 9.84 Å². The molecule has 2 aromatic heterocycles. The van der Waals surface area contributed by atoms with Crippen molar-refractivity contribution in [1.29, 1.82) is 0 Å². The third-order valence-electron chi connectivity index (χ3n) is 3.38. The number of aliphatic hydroxyl groups is 1. The van der Waals surface area contributed by atoms with Gasteiger partial charge in [-0.1, -0.05) is 11.6 Å². The molecule has 18 heavy (non-hydrogen) atoms. The van der Waals surface area contributed by atoms with Crippen molar-refractivity contribution in [3.63, 3.8) is 0 Å². The monoisotopic (exact) mass is 267 g/mol. The number of rotatable bonds is 2. The average molecular weight is 268 g/mol. The summed E-state index contributed by atoms with van der Waals surface area (Å²) in [6, 6.07) is 0. The first-order valence-electron chi connectivity index (χ1n) is 5.99. The van der Waals surface area contributed by atoms with Crippen molar-refractivity contribution in [2.45, 2.75) is 24.9 Å². The van der Waals surface area contributed by atoms with Gasteiger partial charge in [0, 0.05) is 18.3 Å². The van der Waals surface area contributed by atoms with Crippen LogP contribution in [0, 0.1) is 0 Å². The van der Waals surface area contributed by atoms with E-state index in [-0.39, 0.29) is 18.6 Å². The maximum atomic E-state index is 9.04. The summed E-state index contributed by atoms with van der Waals surface area (Å²) < 4.78 is 7.55. The number of aliphatic hydroxyl groups excluding tert-OH is 1. The quantitative estimate of drug-likeness (QED) is 0.899. The van der Waals surface area contributed by atoms with Gasteiger partial charge in [0.1, 0.15) is 11.3 Å². The molecule has 1 aliphatic rings. The zero-order valence-electron chi connectivity index (χ0n) is 9.79. The fourth-order valence-corrected chi connectivity index (χ4v) is 2.57. The molecule has 0 aromatic carbocycles. The van der Waals surface area contributed by atoms with Gasteiger partial charge in [0.25, 0.3) is 0 Å². The number of hydrogen-bond donors (Lipinski definition) is 1. The van der Waals surface area contributed by atoms with E-state index in [0.717, 1.165) is 24.2 Å². The van der Waals surface area contributed by atoms with Gasteiger partial charge in [-0.3, -0.25) is 4.40 Å². The Morgan fingerprint density at radius 3 is 3.06 bits per heavy atom. The smallest absolute Gasteiger partial charge is 0.154 e. The van der Waals surface area contributed by atoms with E-state index in [0.29, 0.717) is 11.8 Å². The number of halogens is 1. The molecule has 0 aliphatic carbocycles. The van der Waals surface area contributed by atoms with E-state index in [9.17, 15) is 0 Å². The van der Waals surface area contributed by atoms with Crippen molar-refractivity contribution in [2.75, 3.05) is 13.2 Å². The van der Waals surface area contributed by atoms with Crippen LogP contribution in [-0.4, -0.2) is 38.8 Å². The van der Waals surface area contributed by atoms with Crippen LogP contribution in [0.15, 0.2) is 18.6 Å². The first-order chi connectivity index (χ1) is 8.79. The lowest BCUT2D eigenvalue weighted by Crippen LogP contribution is -2.28. The predicted octanol–water partition coefficient (Wildman–Crippen LogP) is 1.64. The van der Waals surface area contributed by atoms with Gasteiger partial charge in [0.2, 0.25) is 0 Å². The summed E-state index contributed by atoms with van der Waals surface area (Å²) in [4.78, 5) is 8.46. The highest BCUT2D eigenvalue weighted by Crippen LogP contribution is 2.28. The van der Waals surface area contributed by atoms with Crippen LogP contribution in [0.4, 0.5) is 0 Å². The minimum absolute atomic E-state index is 0.0299. The van der Waals surface area contributed by atoms with E-state index in [1.807, 2.05) is 10.6 Å². The summed E-state index contributed by atoms with van der Waals surface area (Å²) in [7, 11) is 0. The molecule has 2 atom stereocenters. The van der Waals surface area contributed by atoms with Crippen LogP contribution in [0.1, 0.15) is 24.6 Å². The molecule has 1 aliphatic heterocycles.